The van der Waals surface area contributed by atoms with E-state index in [4.69, 9.17) is 0 Å². The van der Waals surface area contributed by atoms with E-state index < -0.39 is 0 Å². The Labute approximate surface area is 75.6 Å². The Morgan fingerprint density at radius 3 is 2.75 bits per heavy atom. The fourth-order valence-corrected chi connectivity index (χ4v) is 2.08. The van der Waals surface area contributed by atoms with Gasteiger partial charge in [0.1, 0.15) is 0 Å². The molecule has 2 heteroatoms. The number of hydrogen-bond acceptors (Lipinski definition) is 2. The largest absolute Gasteiger partial charge is 0.392 e. The van der Waals surface area contributed by atoms with Crippen LogP contribution in [0.3, 0.4) is 0 Å². The summed E-state index contributed by atoms with van der Waals surface area (Å²) in [6, 6.07) is 0.657. The minimum absolute atomic E-state index is 0.0631. The van der Waals surface area contributed by atoms with Gasteiger partial charge in [-0.05, 0) is 19.4 Å². The van der Waals surface area contributed by atoms with Gasteiger partial charge in [-0.2, -0.15) is 0 Å². The van der Waals surface area contributed by atoms with E-state index in [0.717, 1.165) is 19.5 Å². The number of likely N-dealkylation sites (N-methyl/N-ethyl adjacent to an activating group) is 1. The summed E-state index contributed by atoms with van der Waals surface area (Å²) < 4.78 is 0. The van der Waals surface area contributed by atoms with Gasteiger partial charge in [0, 0.05) is 12.6 Å². The third-order valence-electron chi connectivity index (χ3n) is 2.80. The van der Waals surface area contributed by atoms with Crippen molar-refractivity contribution in [2.75, 3.05) is 13.1 Å². The molecule has 0 bridgehead atoms. The van der Waals surface area contributed by atoms with Gasteiger partial charge < -0.3 is 5.11 Å². The number of hydrogen-bond donors (Lipinski definition) is 1. The molecule has 2 atom stereocenters. The van der Waals surface area contributed by atoms with Crippen molar-refractivity contribution in [3.8, 4) is 0 Å². The molecule has 0 saturated carbocycles. The Kier molecular flexibility index (Phi) is 4.02. The molecule has 2 nitrogen and oxygen atoms in total. The highest BCUT2D eigenvalue weighted by molar-refractivity contribution is 4.83. The van der Waals surface area contributed by atoms with Crippen LogP contribution < -0.4 is 0 Å². The predicted octanol–water partition coefficient (Wildman–Crippen LogP) is 1.63. The van der Waals surface area contributed by atoms with Gasteiger partial charge in [0.15, 0.2) is 0 Å². The molecule has 0 aromatic rings. The van der Waals surface area contributed by atoms with Crippen LogP contribution in [0.5, 0.6) is 0 Å². The lowest BCUT2D eigenvalue weighted by atomic mass is 10.1. The Hall–Kier alpha value is -0.0800. The smallest absolute Gasteiger partial charge is 0.0682 e. The number of rotatable bonds is 4. The first-order valence-electron chi connectivity index (χ1n) is 5.20. The SMILES string of the molecule is CCCC[C@@H]1C[C@H](O)CN1CC. The van der Waals surface area contributed by atoms with Gasteiger partial charge in [-0.1, -0.05) is 26.7 Å². The zero-order chi connectivity index (χ0) is 8.97. The number of aliphatic hydroxyl groups excluding tert-OH is 1. The molecule has 1 fully saturated rings. The molecule has 72 valence electrons. The van der Waals surface area contributed by atoms with Crippen LogP contribution in [0.1, 0.15) is 39.5 Å². The summed E-state index contributed by atoms with van der Waals surface area (Å²) in [4.78, 5) is 2.40. The van der Waals surface area contributed by atoms with E-state index >= 15 is 0 Å². The first kappa shape index (κ1) is 10.0. The van der Waals surface area contributed by atoms with E-state index in [1.807, 2.05) is 0 Å². The van der Waals surface area contributed by atoms with Crippen molar-refractivity contribution >= 4 is 0 Å². The summed E-state index contributed by atoms with van der Waals surface area (Å²) >= 11 is 0. The quantitative estimate of drug-likeness (QED) is 0.695. The maximum absolute atomic E-state index is 9.46. The molecule has 0 spiro atoms. The summed E-state index contributed by atoms with van der Waals surface area (Å²) in [6.45, 7) is 6.38. The third kappa shape index (κ3) is 2.46. The standard InChI is InChI=1S/C10H21NO/c1-3-5-6-9-7-10(12)8-11(9)4-2/h9-10,12H,3-8H2,1-2H3/t9-,10+/m1/s1. The lowest BCUT2D eigenvalue weighted by Gasteiger charge is -2.21. The second-order valence-electron chi connectivity index (χ2n) is 3.77. The van der Waals surface area contributed by atoms with Crippen LogP contribution in [-0.4, -0.2) is 35.2 Å². The molecular weight excluding hydrogens is 150 g/mol. The fraction of sp³-hybridized carbons (Fsp3) is 1.00. The molecule has 12 heavy (non-hydrogen) atoms. The fourth-order valence-electron chi connectivity index (χ4n) is 2.08. The molecule has 0 amide bonds. The molecular formula is C10H21NO. The number of nitrogens with zero attached hydrogens (tertiary/aromatic N) is 1. The lowest BCUT2D eigenvalue weighted by molar-refractivity contribution is 0.177. The van der Waals surface area contributed by atoms with Crippen molar-refractivity contribution in [2.45, 2.75) is 51.7 Å². The van der Waals surface area contributed by atoms with Gasteiger partial charge in [0.05, 0.1) is 6.10 Å². The zero-order valence-corrected chi connectivity index (χ0v) is 8.29. The molecule has 0 aromatic carbocycles. The minimum Gasteiger partial charge on any atom is -0.392 e. The number of aliphatic hydroxyl groups is 1. The van der Waals surface area contributed by atoms with Gasteiger partial charge in [-0.15, -0.1) is 0 Å². The summed E-state index contributed by atoms with van der Waals surface area (Å²) in [5.74, 6) is 0. The molecule has 1 saturated heterocycles. The zero-order valence-electron chi connectivity index (χ0n) is 8.29. The molecule has 1 aliphatic heterocycles. The Morgan fingerprint density at radius 2 is 2.17 bits per heavy atom. The molecule has 0 unspecified atom stereocenters. The second-order valence-corrected chi connectivity index (χ2v) is 3.77. The van der Waals surface area contributed by atoms with Gasteiger partial charge in [0.25, 0.3) is 0 Å². The number of β-amino-alcohol motifs (C(OH)–C–C–N with tert-alkyl or cyclic N) is 1. The Morgan fingerprint density at radius 1 is 1.42 bits per heavy atom. The van der Waals surface area contributed by atoms with E-state index in [1.165, 1.54) is 19.3 Å². The highest BCUT2D eigenvalue weighted by Crippen LogP contribution is 2.21. The average Bonchev–Trinajstić information content (AvgIpc) is 2.42. The molecule has 1 N–H and O–H groups in total. The second kappa shape index (κ2) is 4.83. The summed E-state index contributed by atoms with van der Waals surface area (Å²) in [7, 11) is 0. The highest BCUT2D eigenvalue weighted by atomic mass is 16.3. The van der Waals surface area contributed by atoms with Crippen molar-refractivity contribution < 1.29 is 5.11 Å². The molecule has 1 rings (SSSR count). The normalized spacial score (nSPS) is 31.2. The van der Waals surface area contributed by atoms with Gasteiger partial charge in [-0.3, -0.25) is 4.90 Å². The van der Waals surface area contributed by atoms with E-state index in [0.29, 0.717) is 6.04 Å². The van der Waals surface area contributed by atoms with Crippen molar-refractivity contribution in [2.24, 2.45) is 0 Å². The van der Waals surface area contributed by atoms with Gasteiger partial charge in [-0.25, -0.2) is 0 Å². The van der Waals surface area contributed by atoms with Crippen molar-refractivity contribution in [3.63, 3.8) is 0 Å². The van der Waals surface area contributed by atoms with Crippen molar-refractivity contribution in [3.05, 3.63) is 0 Å². The Balaban J connectivity index is 2.30. The van der Waals surface area contributed by atoms with E-state index in [2.05, 4.69) is 18.7 Å². The van der Waals surface area contributed by atoms with Gasteiger partial charge >= 0.3 is 0 Å². The molecule has 1 aliphatic rings. The van der Waals surface area contributed by atoms with Crippen LogP contribution in [0.2, 0.25) is 0 Å². The molecule has 0 aromatic heterocycles. The number of unbranched alkanes of at least 4 members (excludes halogenated alkanes) is 1. The van der Waals surface area contributed by atoms with Crippen LogP contribution in [0.25, 0.3) is 0 Å². The first-order valence-corrected chi connectivity index (χ1v) is 5.20. The van der Waals surface area contributed by atoms with E-state index in [-0.39, 0.29) is 6.10 Å². The summed E-state index contributed by atoms with van der Waals surface area (Å²) in [5.41, 5.74) is 0. The average molecular weight is 171 g/mol. The molecule has 1 heterocycles. The molecule has 0 radical (unpaired) electrons. The molecule has 0 aliphatic carbocycles. The van der Waals surface area contributed by atoms with Crippen LogP contribution >= 0.6 is 0 Å². The maximum atomic E-state index is 9.46. The van der Waals surface area contributed by atoms with Crippen LogP contribution in [0.15, 0.2) is 0 Å². The van der Waals surface area contributed by atoms with Crippen LogP contribution in [-0.2, 0) is 0 Å². The predicted molar refractivity (Wildman–Crippen MR) is 51.2 cm³/mol. The van der Waals surface area contributed by atoms with Gasteiger partial charge in [0.2, 0.25) is 0 Å². The minimum atomic E-state index is -0.0631. The van der Waals surface area contributed by atoms with E-state index in [9.17, 15) is 5.11 Å². The van der Waals surface area contributed by atoms with Crippen molar-refractivity contribution in [1.29, 1.82) is 0 Å². The topological polar surface area (TPSA) is 23.5 Å². The summed E-state index contributed by atoms with van der Waals surface area (Å²) in [6.07, 6.45) is 4.76. The highest BCUT2D eigenvalue weighted by Gasteiger charge is 2.28. The first-order chi connectivity index (χ1) is 5.77. The summed E-state index contributed by atoms with van der Waals surface area (Å²) in [5, 5.41) is 9.46. The van der Waals surface area contributed by atoms with E-state index in [1.54, 1.807) is 0 Å². The Bertz CT molecular complexity index is 127. The monoisotopic (exact) mass is 171 g/mol. The third-order valence-corrected chi connectivity index (χ3v) is 2.80. The van der Waals surface area contributed by atoms with Crippen LogP contribution in [0.4, 0.5) is 0 Å². The van der Waals surface area contributed by atoms with Crippen molar-refractivity contribution in [1.82, 2.24) is 4.90 Å². The van der Waals surface area contributed by atoms with Crippen LogP contribution in [0, 0.1) is 0 Å². The lowest BCUT2D eigenvalue weighted by Crippen LogP contribution is -2.29. The maximum Gasteiger partial charge on any atom is 0.0682 e. The number of likely N-dealkylation sites (tertiary alicyclic amines) is 1.